The Balaban J connectivity index is 2.31. The molecule has 0 aliphatic rings. The van der Waals surface area contributed by atoms with Crippen LogP contribution in [0.2, 0.25) is 0 Å². The lowest BCUT2D eigenvalue weighted by Crippen LogP contribution is -2.20. The molecular formula is C15H19N3O. The number of rotatable bonds is 6. The highest BCUT2D eigenvalue weighted by atomic mass is 16.5. The van der Waals surface area contributed by atoms with Gasteiger partial charge in [0.15, 0.2) is 0 Å². The van der Waals surface area contributed by atoms with Crippen LogP contribution in [0.25, 0.3) is 0 Å². The fraction of sp³-hybridized carbons (Fsp3) is 0.267. The second kappa shape index (κ2) is 6.75. The van der Waals surface area contributed by atoms with Crippen molar-refractivity contribution in [3.63, 3.8) is 0 Å². The molecule has 4 heteroatoms. The van der Waals surface area contributed by atoms with Gasteiger partial charge in [-0.1, -0.05) is 18.2 Å². The zero-order valence-electron chi connectivity index (χ0n) is 11.1. The number of hydrogen-bond acceptors (Lipinski definition) is 4. The van der Waals surface area contributed by atoms with Gasteiger partial charge in [-0.25, -0.2) is 4.98 Å². The number of hydrogen-bond donors (Lipinski definition) is 1. The summed E-state index contributed by atoms with van der Waals surface area (Å²) in [4.78, 5) is 6.36. The monoisotopic (exact) mass is 257 g/mol. The van der Waals surface area contributed by atoms with Crippen molar-refractivity contribution in [1.29, 1.82) is 0 Å². The highest BCUT2D eigenvalue weighted by Crippen LogP contribution is 2.26. The van der Waals surface area contributed by atoms with Gasteiger partial charge in [-0.3, -0.25) is 0 Å². The lowest BCUT2D eigenvalue weighted by molar-refractivity contribution is 0.398. The van der Waals surface area contributed by atoms with E-state index in [2.05, 4.69) is 22.0 Å². The number of nitrogens with two attached hydrogens (primary N) is 1. The van der Waals surface area contributed by atoms with Gasteiger partial charge in [-0.2, -0.15) is 0 Å². The van der Waals surface area contributed by atoms with Crippen LogP contribution in [-0.4, -0.2) is 25.2 Å². The largest absolute Gasteiger partial charge is 0.481 e. The minimum Gasteiger partial charge on any atom is -0.481 e. The van der Waals surface area contributed by atoms with Crippen LogP contribution >= 0.6 is 0 Å². The van der Waals surface area contributed by atoms with Crippen LogP contribution in [0.4, 0.5) is 11.4 Å². The fourth-order valence-electron chi connectivity index (χ4n) is 1.94. The molecule has 0 bridgehead atoms. The van der Waals surface area contributed by atoms with Crippen LogP contribution < -0.4 is 15.4 Å². The molecule has 100 valence electrons. The SMILES string of the molecule is COc1cc(N(CCCN)c2ccccc2)ccn1. The summed E-state index contributed by atoms with van der Waals surface area (Å²) in [5, 5.41) is 0. The van der Waals surface area contributed by atoms with Crippen LogP contribution in [0.3, 0.4) is 0 Å². The zero-order chi connectivity index (χ0) is 13.5. The van der Waals surface area contributed by atoms with E-state index in [0.717, 1.165) is 24.3 Å². The lowest BCUT2D eigenvalue weighted by atomic mass is 10.2. The standard InChI is InChI=1S/C15H19N3O/c1-19-15-12-14(8-10-17-15)18(11-5-9-16)13-6-3-2-4-7-13/h2-4,6-8,10,12H,5,9,11,16H2,1H3. The molecule has 0 radical (unpaired) electrons. The number of pyridine rings is 1. The van der Waals surface area contributed by atoms with Crippen molar-refractivity contribution in [3.8, 4) is 5.88 Å². The molecule has 0 saturated carbocycles. The van der Waals surface area contributed by atoms with Gasteiger partial charge in [0.05, 0.1) is 7.11 Å². The van der Waals surface area contributed by atoms with E-state index in [0.29, 0.717) is 12.4 Å². The third-order valence-corrected chi connectivity index (χ3v) is 2.89. The van der Waals surface area contributed by atoms with Gasteiger partial charge in [-0.15, -0.1) is 0 Å². The van der Waals surface area contributed by atoms with Gasteiger partial charge in [0.25, 0.3) is 0 Å². The Hall–Kier alpha value is -2.07. The minimum atomic E-state index is 0.617. The first kappa shape index (κ1) is 13.4. The Kier molecular flexibility index (Phi) is 4.75. The molecule has 0 aliphatic carbocycles. The molecule has 0 saturated heterocycles. The topological polar surface area (TPSA) is 51.4 Å². The third kappa shape index (κ3) is 3.45. The number of anilines is 2. The maximum absolute atomic E-state index is 5.63. The number of benzene rings is 1. The average molecular weight is 257 g/mol. The van der Waals surface area contributed by atoms with Gasteiger partial charge in [-0.05, 0) is 31.2 Å². The Morgan fingerprint density at radius 2 is 1.95 bits per heavy atom. The highest BCUT2D eigenvalue weighted by Gasteiger charge is 2.09. The second-order valence-corrected chi connectivity index (χ2v) is 4.19. The number of aromatic nitrogens is 1. The zero-order valence-corrected chi connectivity index (χ0v) is 11.1. The molecule has 1 aromatic heterocycles. The lowest BCUT2D eigenvalue weighted by Gasteiger charge is -2.25. The van der Waals surface area contributed by atoms with E-state index in [9.17, 15) is 0 Å². The number of nitrogens with zero attached hydrogens (tertiary/aromatic N) is 2. The smallest absolute Gasteiger partial charge is 0.214 e. The molecule has 2 rings (SSSR count). The van der Waals surface area contributed by atoms with E-state index in [-0.39, 0.29) is 0 Å². The first-order valence-electron chi connectivity index (χ1n) is 6.38. The molecule has 1 heterocycles. The molecule has 2 N–H and O–H groups in total. The van der Waals surface area contributed by atoms with Crippen LogP contribution in [-0.2, 0) is 0 Å². The quantitative estimate of drug-likeness (QED) is 0.864. The van der Waals surface area contributed by atoms with E-state index in [4.69, 9.17) is 10.5 Å². The van der Waals surface area contributed by atoms with E-state index in [1.165, 1.54) is 0 Å². The Morgan fingerprint density at radius 3 is 2.63 bits per heavy atom. The van der Waals surface area contributed by atoms with Crippen molar-refractivity contribution in [1.82, 2.24) is 4.98 Å². The summed E-state index contributed by atoms with van der Waals surface area (Å²) < 4.78 is 5.18. The van der Waals surface area contributed by atoms with Crippen molar-refractivity contribution in [2.75, 3.05) is 25.1 Å². The minimum absolute atomic E-state index is 0.617. The Morgan fingerprint density at radius 1 is 1.16 bits per heavy atom. The summed E-state index contributed by atoms with van der Waals surface area (Å²) in [6.45, 7) is 1.54. The van der Waals surface area contributed by atoms with Crippen LogP contribution in [0.1, 0.15) is 6.42 Å². The molecule has 0 amide bonds. The fourth-order valence-corrected chi connectivity index (χ4v) is 1.94. The third-order valence-electron chi connectivity index (χ3n) is 2.89. The molecule has 19 heavy (non-hydrogen) atoms. The Labute approximate surface area is 113 Å². The second-order valence-electron chi connectivity index (χ2n) is 4.19. The first-order valence-corrected chi connectivity index (χ1v) is 6.38. The van der Waals surface area contributed by atoms with E-state index in [1.807, 2.05) is 30.3 Å². The maximum Gasteiger partial charge on any atom is 0.214 e. The summed E-state index contributed by atoms with van der Waals surface area (Å²) >= 11 is 0. The molecule has 0 spiro atoms. The van der Waals surface area contributed by atoms with Crippen LogP contribution in [0, 0.1) is 0 Å². The molecule has 0 aliphatic heterocycles. The van der Waals surface area contributed by atoms with Gasteiger partial charge in [0.2, 0.25) is 5.88 Å². The summed E-state index contributed by atoms with van der Waals surface area (Å²) in [5.74, 6) is 0.617. The Bertz CT molecular complexity index is 502. The molecule has 0 atom stereocenters. The maximum atomic E-state index is 5.63. The van der Waals surface area contributed by atoms with Crippen molar-refractivity contribution in [2.24, 2.45) is 5.73 Å². The van der Waals surface area contributed by atoms with Gasteiger partial charge < -0.3 is 15.4 Å². The first-order chi connectivity index (χ1) is 9.35. The number of para-hydroxylation sites is 1. The molecule has 0 fully saturated rings. The number of methoxy groups -OCH3 is 1. The summed E-state index contributed by atoms with van der Waals surface area (Å²) in [7, 11) is 1.62. The van der Waals surface area contributed by atoms with Gasteiger partial charge in [0.1, 0.15) is 0 Å². The number of ether oxygens (including phenoxy) is 1. The van der Waals surface area contributed by atoms with Crippen molar-refractivity contribution >= 4 is 11.4 Å². The highest BCUT2D eigenvalue weighted by molar-refractivity contribution is 5.63. The average Bonchev–Trinajstić information content (AvgIpc) is 2.49. The molecule has 1 aromatic carbocycles. The summed E-state index contributed by atoms with van der Waals surface area (Å²) in [6.07, 6.45) is 2.69. The van der Waals surface area contributed by atoms with Gasteiger partial charge >= 0.3 is 0 Å². The summed E-state index contributed by atoms with van der Waals surface area (Å²) in [5.41, 5.74) is 7.83. The van der Waals surface area contributed by atoms with Crippen molar-refractivity contribution < 1.29 is 4.74 Å². The van der Waals surface area contributed by atoms with Crippen LogP contribution in [0.15, 0.2) is 48.7 Å². The molecule has 0 unspecified atom stereocenters. The normalized spacial score (nSPS) is 10.2. The van der Waals surface area contributed by atoms with Crippen molar-refractivity contribution in [2.45, 2.75) is 6.42 Å². The van der Waals surface area contributed by atoms with E-state index in [1.54, 1.807) is 13.3 Å². The van der Waals surface area contributed by atoms with E-state index >= 15 is 0 Å². The predicted octanol–water partition coefficient (Wildman–Crippen LogP) is 2.58. The van der Waals surface area contributed by atoms with E-state index < -0.39 is 0 Å². The van der Waals surface area contributed by atoms with Gasteiger partial charge in [0, 0.05) is 30.2 Å². The van der Waals surface area contributed by atoms with Crippen LogP contribution in [0.5, 0.6) is 5.88 Å². The molecule has 2 aromatic rings. The predicted molar refractivity (Wildman–Crippen MR) is 77.9 cm³/mol. The molecular weight excluding hydrogens is 238 g/mol. The van der Waals surface area contributed by atoms with Crippen molar-refractivity contribution in [3.05, 3.63) is 48.7 Å². The molecule has 4 nitrogen and oxygen atoms in total. The summed E-state index contributed by atoms with van der Waals surface area (Å²) in [6, 6.07) is 14.2.